The van der Waals surface area contributed by atoms with E-state index in [1.807, 2.05) is 38.4 Å². The van der Waals surface area contributed by atoms with Crippen LogP contribution in [-0.4, -0.2) is 29.8 Å². The van der Waals surface area contributed by atoms with E-state index in [2.05, 4.69) is 31.9 Å². The summed E-state index contributed by atoms with van der Waals surface area (Å²) in [6.07, 6.45) is 0. The van der Waals surface area contributed by atoms with E-state index in [4.69, 9.17) is 4.74 Å². The second-order valence-electron chi connectivity index (χ2n) is 3.88. The predicted octanol–water partition coefficient (Wildman–Crippen LogP) is 3.00. The Morgan fingerprint density at radius 3 is 2.65 bits per heavy atom. The molecule has 5 heteroatoms. The summed E-state index contributed by atoms with van der Waals surface area (Å²) < 4.78 is 6.44. The zero-order valence-corrected chi connectivity index (χ0v) is 12.6. The molecule has 17 heavy (non-hydrogen) atoms. The van der Waals surface area contributed by atoms with Gasteiger partial charge in [-0.3, -0.25) is 4.79 Å². The van der Waals surface area contributed by atoms with E-state index in [1.165, 1.54) is 0 Å². The Morgan fingerprint density at radius 2 is 2.06 bits per heavy atom. The maximum absolute atomic E-state index is 12.1. The van der Waals surface area contributed by atoms with Crippen LogP contribution in [0.1, 0.15) is 5.56 Å². The molecule has 3 nitrogen and oxygen atoms in total. The van der Waals surface area contributed by atoms with Crippen molar-refractivity contribution in [2.45, 2.75) is 5.01 Å². The summed E-state index contributed by atoms with van der Waals surface area (Å²) in [5.41, 5.74) is 1.47. The molecule has 0 aliphatic carbocycles. The van der Waals surface area contributed by atoms with Gasteiger partial charge in [-0.1, -0.05) is 28.1 Å². The van der Waals surface area contributed by atoms with Gasteiger partial charge in [-0.05, 0) is 33.6 Å². The molecule has 1 unspecified atom stereocenters. The van der Waals surface area contributed by atoms with Crippen LogP contribution >= 0.6 is 31.9 Å². The number of Topliss-reactive ketones (excluding diaryl/α,β-unsaturated/α-hetero) is 1. The second kappa shape index (κ2) is 4.82. The lowest BCUT2D eigenvalue weighted by molar-refractivity contribution is -0.116. The third-order valence-corrected chi connectivity index (χ3v) is 3.50. The molecule has 0 aromatic heterocycles. The van der Waals surface area contributed by atoms with Crippen LogP contribution in [0.25, 0.3) is 5.57 Å². The Kier molecular flexibility index (Phi) is 3.58. The standard InChI is InChI=1S/C12H11Br2NO2/c1-15(2)12-9(10(16)11(14)17-12)7-4-3-5-8(13)6-7/h3-6,11H,1-2H3. The minimum Gasteiger partial charge on any atom is -0.455 e. The Bertz CT molecular complexity index is 497. The lowest BCUT2D eigenvalue weighted by atomic mass is 10.0. The van der Waals surface area contributed by atoms with Gasteiger partial charge in [-0.25, -0.2) is 0 Å². The third-order valence-electron chi connectivity index (χ3n) is 2.40. The molecule has 0 radical (unpaired) electrons. The van der Waals surface area contributed by atoms with Gasteiger partial charge >= 0.3 is 0 Å². The van der Waals surface area contributed by atoms with Gasteiger partial charge in [-0.15, -0.1) is 0 Å². The molecular formula is C12H11Br2NO2. The van der Waals surface area contributed by atoms with Crippen molar-refractivity contribution in [1.29, 1.82) is 0 Å². The molecule has 1 aliphatic heterocycles. The SMILES string of the molecule is CN(C)C1=C(c2cccc(Br)c2)C(=O)C(Br)O1. The minimum atomic E-state index is -0.589. The first-order valence-electron chi connectivity index (χ1n) is 5.03. The fourth-order valence-electron chi connectivity index (χ4n) is 1.67. The number of halogens is 2. The number of carbonyl (C=O) groups is 1. The van der Waals surface area contributed by atoms with E-state index < -0.39 is 5.01 Å². The molecule has 0 fully saturated rings. The summed E-state index contributed by atoms with van der Waals surface area (Å²) in [6.45, 7) is 0. The van der Waals surface area contributed by atoms with Crippen LogP contribution in [0.4, 0.5) is 0 Å². The van der Waals surface area contributed by atoms with Gasteiger partial charge in [0.15, 0.2) is 0 Å². The maximum Gasteiger partial charge on any atom is 0.220 e. The van der Waals surface area contributed by atoms with Gasteiger partial charge in [0.05, 0.1) is 5.57 Å². The summed E-state index contributed by atoms with van der Waals surface area (Å²) in [6, 6.07) is 7.63. The van der Waals surface area contributed by atoms with Crippen molar-refractivity contribution >= 4 is 43.2 Å². The molecule has 90 valence electrons. The Morgan fingerprint density at radius 1 is 1.35 bits per heavy atom. The zero-order valence-electron chi connectivity index (χ0n) is 9.41. The quantitative estimate of drug-likeness (QED) is 0.759. The highest BCUT2D eigenvalue weighted by atomic mass is 79.9. The van der Waals surface area contributed by atoms with Gasteiger partial charge in [0.25, 0.3) is 0 Å². The van der Waals surface area contributed by atoms with Crippen LogP contribution in [0.3, 0.4) is 0 Å². The fraction of sp³-hybridized carbons (Fsp3) is 0.250. The predicted molar refractivity (Wildman–Crippen MR) is 73.6 cm³/mol. The third kappa shape index (κ3) is 2.40. The second-order valence-corrected chi connectivity index (χ2v) is 5.63. The molecule has 0 N–H and O–H groups in total. The molecule has 1 aromatic rings. The summed E-state index contributed by atoms with van der Waals surface area (Å²) in [4.78, 5) is 13.9. The average Bonchev–Trinajstić information content (AvgIpc) is 2.56. The number of ketones is 1. The molecule has 0 saturated carbocycles. The van der Waals surface area contributed by atoms with Crippen LogP contribution in [0.15, 0.2) is 34.6 Å². The van der Waals surface area contributed by atoms with E-state index in [1.54, 1.807) is 4.90 Å². The molecule has 0 bridgehead atoms. The van der Waals surface area contributed by atoms with Crippen molar-refractivity contribution in [2.24, 2.45) is 0 Å². The van der Waals surface area contributed by atoms with Gasteiger partial charge in [0, 0.05) is 18.6 Å². The Hall–Kier alpha value is -0.810. The number of hydrogen-bond donors (Lipinski definition) is 0. The molecule has 2 rings (SSSR count). The van der Waals surface area contributed by atoms with Crippen molar-refractivity contribution in [2.75, 3.05) is 14.1 Å². The summed E-state index contributed by atoms with van der Waals surface area (Å²) in [5.74, 6) is 0.543. The van der Waals surface area contributed by atoms with Crippen molar-refractivity contribution in [3.8, 4) is 0 Å². The van der Waals surface area contributed by atoms with Crippen molar-refractivity contribution < 1.29 is 9.53 Å². The monoisotopic (exact) mass is 359 g/mol. The van der Waals surface area contributed by atoms with E-state index in [0.717, 1.165) is 10.0 Å². The van der Waals surface area contributed by atoms with Crippen LogP contribution in [0, 0.1) is 0 Å². The summed E-state index contributed by atoms with van der Waals surface area (Å²) in [5, 5.41) is -0.589. The van der Waals surface area contributed by atoms with Crippen molar-refractivity contribution in [3.05, 3.63) is 40.2 Å². The largest absolute Gasteiger partial charge is 0.455 e. The molecule has 0 amide bonds. The lowest BCUT2D eigenvalue weighted by Crippen LogP contribution is -2.13. The van der Waals surface area contributed by atoms with Gasteiger partial charge in [-0.2, -0.15) is 0 Å². The maximum atomic E-state index is 12.1. The van der Waals surface area contributed by atoms with Crippen LogP contribution in [0.2, 0.25) is 0 Å². The van der Waals surface area contributed by atoms with Crippen LogP contribution in [0.5, 0.6) is 0 Å². The highest BCUT2D eigenvalue weighted by molar-refractivity contribution is 9.10. The van der Waals surface area contributed by atoms with Gasteiger partial charge in [0.1, 0.15) is 0 Å². The first-order valence-corrected chi connectivity index (χ1v) is 6.74. The van der Waals surface area contributed by atoms with Crippen LogP contribution < -0.4 is 0 Å². The van der Waals surface area contributed by atoms with E-state index in [9.17, 15) is 4.79 Å². The van der Waals surface area contributed by atoms with E-state index in [-0.39, 0.29) is 5.78 Å². The molecule has 0 saturated heterocycles. The minimum absolute atomic E-state index is 0.0493. The zero-order chi connectivity index (χ0) is 12.6. The molecular weight excluding hydrogens is 350 g/mol. The highest BCUT2D eigenvalue weighted by Crippen LogP contribution is 2.34. The van der Waals surface area contributed by atoms with Crippen LogP contribution in [-0.2, 0) is 9.53 Å². The summed E-state index contributed by atoms with van der Waals surface area (Å²) >= 11 is 6.62. The number of rotatable bonds is 2. The number of alkyl halides is 1. The number of nitrogens with zero attached hydrogens (tertiary/aromatic N) is 1. The number of hydrogen-bond acceptors (Lipinski definition) is 3. The van der Waals surface area contributed by atoms with E-state index in [0.29, 0.717) is 11.5 Å². The fourth-order valence-corrected chi connectivity index (χ4v) is 2.47. The lowest BCUT2D eigenvalue weighted by Gasteiger charge is -2.15. The van der Waals surface area contributed by atoms with Gasteiger partial charge < -0.3 is 9.64 Å². The average molecular weight is 361 g/mol. The first kappa shape index (κ1) is 12.6. The topological polar surface area (TPSA) is 29.5 Å². The van der Waals surface area contributed by atoms with E-state index >= 15 is 0 Å². The summed E-state index contributed by atoms with van der Waals surface area (Å²) in [7, 11) is 3.71. The van der Waals surface area contributed by atoms with Crippen molar-refractivity contribution in [3.63, 3.8) is 0 Å². The molecule has 0 spiro atoms. The molecule has 1 aliphatic rings. The van der Waals surface area contributed by atoms with Gasteiger partial charge in [0.2, 0.25) is 16.7 Å². The Labute approximate surface area is 117 Å². The molecule has 1 aromatic carbocycles. The smallest absolute Gasteiger partial charge is 0.220 e. The normalized spacial score (nSPS) is 19.5. The Balaban J connectivity index is 2.53. The number of carbonyl (C=O) groups excluding carboxylic acids is 1. The number of ether oxygens (including phenoxy) is 1. The number of benzene rings is 1. The highest BCUT2D eigenvalue weighted by Gasteiger charge is 2.35. The first-order chi connectivity index (χ1) is 8.00. The van der Waals surface area contributed by atoms with Crippen molar-refractivity contribution in [1.82, 2.24) is 4.90 Å². The molecule has 1 atom stereocenters. The molecule has 1 heterocycles.